The molecule has 94 valence electrons. The van der Waals surface area contributed by atoms with Crippen molar-refractivity contribution in [2.24, 2.45) is 0 Å². The Morgan fingerprint density at radius 3 is 2.61 bits per heavy atom. The molecular weight excluding hydrogens is 247 g/mol. The number of nitrogens with zero attached hydrogens (tertiary/aromatic N) is 2. The molecule has 0 bridgehead atoms. The Labute approximate surface area is 108 Å². The largest absolute Gasteiger partial charge is 0.255 e. The monoisotopic (exact) mass is 262 g/mol. The van der Waals surface area contributed by atoms with Crippen LogP contribution in [0.3, 0.4) is 0 Å². The van der Waals surface area contributed by atoms with E-state index in [9.17, 15) is 0 Å². The highest BCUT2D eigenvalue weighted by atomic mass is 31.1. The van der Waals surface area contributed by atoms with E-state index in [1.54, 1.807) is 12.4 Å². The lowest BCUT2D eigenvalue weighted by atomic mass is 10.1. The smallest absolute Gasteiger partial charge is 0.0893 e. The fourth-order valence-electron chi connectivity index (χ4n) is 1.75. The fraction of sp³-hybridized carbons (Fsp3) is 0.231. The molecule has 5 heteroatoms. The molecule has 0 aliphatic heterocycles. The second-order valence-electron chi connectivity index (χ2n) is 3.92. The molecule has 1 atom stereocenters. The molecule has 0 aliphatic carbocycles. The maximum absolute atomic E-state index is 8.47. The average molecular weight is 262 g/mol. The van der Waals surface area contributed by atoms with Crippen molar-refractivity contribution >= 4 is 14.1 Å². The van der Waals surface area contributed by atoms with Crippen LogP contribution in [0.2, 0.25) is 0 Å². The summed E-state index contributed by atoms with van der Waals surface area (Å²) in [5.74, 6) is 0. The molecule has 2 aromatic heterocycles. The van der Waals surface area contributed by atoms with Gasteiger partial charge in [0.1, 0.15) is 0 Å². The molecule has 2 aromatic rings. The van der Waals surface area contributed by atoms with E-state index in [1.807, 2.05) is 18.2 Å². The van der Waals surface area contributed by atoms with Crippen molar-refractivity contribution in [1.29, 1.82) is 0 Å². The summed E-state index contributed by atoms with van der Waals surface area (Å²) in [7, 11) is -0.0862. The maximum Gasteiger partial charge on any atom is 0.0893 e. The van der Waals surface area contributed by atoms with Crippen LogP contribution in [-0.4, -0.2) is 15.2 Å². The van der Waals surface area contributed by atoms with Crippen LogP contribution in [-0.2, 0) is 11.1 Å². The summed E-state index contributed by atoms with van der Waals surface area (Å²) >= 11 is 0. The minimum atomic E-state index is -0.0862. The first-order valence-electron chi connectivity index (χ1n) is 5.81. The molecule has 4 nitrogen and oxygen atoms in total. The third-order valence-corrected chi connectivity index (χ3v) is 3.19. The molecule has 2 heterocycles. The van der Waals surface area contributed by atoms with Gasteiger partial charge in [-0.15, -0.1) is 0 Å². The van der Waals surface area contributed by atoms with Crippen molar-refractivity contribution in [1.82, 2.24) is 9.97 Å². The SMILES string of the molecule is CCCc1ccnc(-c2cc(POO)ccn2)c1. The lowest BCUT2D eigenvalue weighted by Gasteiger charge is -2.04. The molecule has 0 spiro atoms. The van der Waals surface area contributed by atoms with E-state index in [1.165, 1.54) is 5.56 Å². The highest BCUT2D eigenvalue weighted by molar-refractivity contribution is 7.41. The van der Waals surface area contributed by atoms with Gasteiger partial charge in [0.2, 0.25) is 0 Å². The molecule has 0 aromatic carbocycles. The first-order valence-corrected chi connectivity index (χ1v) is 6.72. The van der Waals surface area contributed by atoms with Crippen molar-refractivity contribution in [3.8, 4) is 11.4 Å². The molecule has 0 saturated heterocycles. The van der Waals surface area contributed by atoms with Crippen LogP contribution >= 0.6 is 8.81 Å². The molecule has 0 saturated carbocycles. The van der Waals surface area contributed by atoms with Gasteiger partial charge in [0.25, 0.3) is 0 Å². The maximum atomic E-state index is 8.47. The van der Waals surface area contributed by atoms with E-state index < -0.39 is 0 Å². The van der Waals surface area contributed by atoms with E-state index in [-0.39, 0.29) is 8.81 Å². The lowest BCUT2D eigenvalue weighted by Crippen LogP contribution is -1.98. The quantitative estimate of drug-likeness (QED) is 0.511. The van der Waals surface area contributed by atoms with Crippen LogP contribution < -0.4 is 5.30 Å². The second kappa shape index (κ2) is 6.55. The summed E-state index contributed by atoms with van der Waals surface area (Å²) in [4.78, 5) is 8.63. The first kappa shape index (κ1) is 13.1. The molecule has 0 radical (unpaired) electrons. The summed E-state index contributed by atoms with van der Waals surface area (Å²) in [5, 5.41) is 9.37. The molecule has 2 rings (SSSR count). The number of pyridine rings is 2. The molecule has 0 aliphatic rings. The molecule has 1 N–H and O–H groups in total. The predicted molar refractivity (Wildman–Crippen MR) is 73.1 cm³/mol. The Hall–Kier alpha value is -1.35. The summed E-state index contributed by atoms with van der Waals surface area (Å²) < 4.78 is 4.16. The van der Waals surface area contributed by atoms with E-state index >= 15 is 0 Å². The highest BCUT2D eigenvalue weighted by Crippen LogP contribution is 2.18. The Morgan fingerprint density at radius 2 is 1.89 bits per heavy atom. The topological polar surface area (TPSA) is 55.2 Å². The number of aromatic nitrogens is 2. The lowest BCUT2D eigenvalue weighted by molar-refractivity contribution is -0.121. The molecule has 18 heavy (non-hydrogen) atoms. The van der Waals surface area contributed by atoms with Gasteiger partial charge >= 0.3 is 0 Å². The normalized spacial score (nSPS) is 11.2. The van der Waals surface area contributed by atoms with Crippen LogP contribution in [0, 0.1) is 0 Å². The summed E-state index contributed by atoms with van der Waals surface area (Å²) in [6, 6.07) is 7.77. The van der Waals surface area contributed by atoms with Crippen LogP contribution in [0.4, 0.5) is 0 Å². The molecule has 1 unspecified atom stereocenters. The van der Waals surface area contributed by atoms with Crippen LogP contribution in [0.25, 0.3) is 11.4 Å². The Bertz CT molecular complexity index is 472. The van der Waals surface area contributed by atoms with Crippen molar-refractivity contribution in [3.63, 3.8) is 0 Å². The second-order valence-corrected chi connectivity index (χ2v) is 4.89. The Kier molecular flexibility index (Phi) is 4.76. The zero-order chi connectivity index (χ0) is 12.8. The van der Waals surface area contributed by atoms with Gasteiger partial charge in [-0.25, -0.2) is 9.93 Å². The number of hydrogen-bond acceptors (Lipinski definition) is 4. The zero-order valence-corrected chi connectivity index (χ0v) is 11.1. The summed E-state index contributed by atoms with van der Waals surface area (Å²) in [6.07, 6.45) is 5.65. The van der Waals surface area contributed by atoms with Crippen LogP contribution in [0.5, 0.6) is 0 Å². The summed E-state index contributed by atoms with van der Waals surface area (Å²) in [6.45, 7) is 2.15. The van der Waals surface area contributed by atoms with Gasteiger partial charge in [-0.05, 0) is 36.2 Å². The van der Waals surface area contributed by atoms with Crippen molar-refractivity contribution < 1.29 is 9.93 Å². The van der Waals surface area contributed by atoms with Gasteiger partial charge < -0.3 is 0 Å². The van der Waals surface area contributed by atoms with Gasteiger partial charge in [0, 0.05) is 17.7 Å². The third-order valence-electron chi connectivity index (χ3n) is 2.55. The third kappa shape index (κ3) is 3.33. The average Bonchev–Trinajstić information content (AvgIpc) is 2.40. The Balaban J connectivity index is 2.29. The Morgan fingerprint density at radius 1 is 1.17 bits per heavy atom. The van der Waals surface area contributed by atoms with Crippen molar-refractivity contribution in [3.05, 3.63) is 42.2 Å². The van der Waals surface area contributed by atoms with Gasteiger partial charge in [-0.3, -0.25) is 9.97 Å². The zero-order valence-electron chi connectivity index (χ0n) is 10.1. The number of hydrogen-bond donors (Lipinski definition) is 1. The van der Waals surface area contributed by atoms with E-state index in [0.717, 1.165) is 29.5 Å². The van der Waals surface area contributed by atoms with E-state index in [4.69, 9.17) is 5.26 Å². The van der Waals surface area contributed by atoms with Gasteiger partial charge in [-0.2, -0.15) is 0 Å². The highest BCUT2D eigenvalue weighted by Gasteiger charge is 2.04. The number of rotatable bonds is 5. The van der Waals surface area contributed by atoms with Gasteiger partial charge in [0.05, 0.1) is 20.2 Å². The first-order chi connectivity index (χ1) is 8.83. The van der Waals surface area contributed by atoms with Crippen LogP contribution in [0.1, 0.15) is 18.9 Å². The minimum Gasteiger partial charge on any atom is -0.255 e. The fourth-order valence-corrected chi connectivity index (χ4v) is 2.19. The van der Waals surface area contributed by atoms with E-state index in [0.29, 0.717) is 0 Å². The van der Waals surface area contributed by atoms with Gasteiger partial charge in [-0.1, -0.05) is 13.3 Å². The molecule has 0 fully saturated rings. The molecular formula is C13H15N2O2P. The van der Waals surface area contributed by atoms with Crippen LogP contribution in [0.15, 0.2) is 36.7 Å². The summed E-state index contributed by atoms with van der Waals surface area (Å²) in [5.41, 5.74) is 2.91. The predicted octanol–water partition coefficient (Wildman–Crippen LogP) is 2.80. The standard InChI is InChI=1S/C13H15N2O2P/c1-2-3-10-4-6-14-12(8-10)13-9-11(18-17-16)5-7-15-13/h4-9,16,18H,2-3H2,1H3. The van der Waals surface area contributed by atoms with Crippen molar-refractivity contribution in [2.75, 3.05) is 0 Å². The minimum absolute atomic E-state index is 0.0862. The number of aryl methyl sites for hydroxylation is 1. The molecule has 0 amide bonds. The van der Waals surface area contributed by atoms with E-state index in [2.05, 4.69) is 27.6 Å². The van der Waals surface area contributed by atoms with Crippen molar-refractivity contribution in [2.45, 2.75) is 19.8 Å². The van der Waals surface area contributed by atoms with Gasteiger partial charge in [0.15, 0.2) is 0 Å².